The topological polar surface area (TPSA) is 87.5 Å². The summed E-state index contributed by atoms with van der Waals surface area (Å²) in [6, 6.07) is 9.16. The second-order valence-corrected chi connectivity index (χ2v) is 11.5. The molecule has 2 aromatic rings. The minimum absolute atomic E-state index is 0.171. The van der Waals surface area contributed by atoms with Gasteiger partial charge in [-0.15, -0.1) is 0 Å². The first-order valence-electron chi connectivity index (χ1n) is 11.0. The zero-order valence-corrected chi connectivity index (χ0v) is 19.8. The van der Waals surface area contributed by atoms with Gasteiger partial charge < -0.3 is 10.2 Å². The summed E-state index contributed by atoms with van der Waals surface area (Å²) in [5.74, 6) is 0. The highest BCUT2D eigenvalue weighted by molar-refractivity contribution is 7.99. The van der Waals surface area contributed by atoms with Crippen molar-refractivity contribution in [3.8, 4) is 0 Å². The number of carbonyl (C=O) groups excluding carboxylic acids is 1. The molecule has 2 aliphatic carbocycles. The second-order valence-electron chi connectivity index (χ2n) is 9.46. The van der Waals surface area contributed by atoms with Crippen molar-refractivity contribution in [1.29, 1.82) is 0 Å². The quantitative estimate of drug-likeness (QED) is 0.535. The molecular formula is C24H34N4O2S. The largest absolute Gasteiger partial charge is 0.330 e. The van der Waals surface area contributed by atoms with E-state index in [4.69, 9.17) is 5.14 Å². The average Bonchev–Trinajstić information content (AvgIpc) is 3.36. The van der Waals surface area contributed by atoms with E-state index in [-0.39, 0.29) is 5.54 Å². The molecule has 2 aliphatic rings. The Balaban J connectivity index is 1.52. The Hall–Kier alpha value is -2.22. The van der Waals surface area contributed by atoms with Gasteiger partial charge in [0.15, 0.2) is 0 Å². The van der Waals surface area contributed by atoms with Gasteiger partial charge >= 0.3 is 6.03 Å². The molecule has 31 heavy (non-hydrogen) atoms. The third-order valence-corrected chi connectivity index (χ3v) is 8.66. The molecule has 0 aromatic heterocycles. The third-order valence-electron chi connectivity index (χ3n) is 7.05. The number of aryl methyl sites for hydroxylation is 2. The molecule has 0 radical (unpaired) electrons. The monoisotopic (exact) mass is 442 g/mol. The fraction of sp³-hybridized carbons (Fsp3) is 0.458. The highest BCUT2D eigenvalue weighted by Crippen LogP contribution is 2.38. The Bertz CT molecular complexity index is 1030. The fourth-order valence-electron chi connectivity index (χ4n) is 4.67. The highest BCUT2D eigenvalue weighted by atomic mass is 32.3. The summed E-state index contributed by atoms with van der Waals surface area (Å²) in [7, 11) is 0.488. The smallest absolute Gasteiger partial charge is 0.307 e. The molecule has 4 N–H and O–H groups in total. The fourth-order valence-corrected chi connectivity index (χ4v) is 5.75. The van der Waals surface area contributed by atoms with Crippen molar-refractivity contribution in [3.05, 3.63) is 58.1 Å². The van der Waals surface area contributed by atoms with E-state index in [1.807, 2.05) is 26.2 Å². The van der Waals surface area contributed by atoms with Crippen molar-refractivity contribution in [2.24, 2.45) is 5.14 Å². The van der Waals surface area contributed by atoms with Crippen LogP contribution in [-0.4, -0.2) is 29.2 Å². The van der Waals surface area contributed by atoms with Crippen LogP contribution in [0.15, 0.2) is 35.2 Å². The van der Waals surface area contributed by atoms with Crippen molar-refractivity contribution >= 4 is 22.0 Å². The maximum atomic E-state index is 13.2. The van der Waals surface area contributed by atoms with E-state index in [0.29, 0.717) is 4.90 Å². The van der Waals surface area contributed by atoms with E-state index in [9.17, 15) is 9.00 Å². The number of nitrogens with zero attached hydrogens (tertiary/aromatic N) is 1. The van der Waals surface area contributed by atoms with Gasteiger partial charge in [-0.2, -0.15) is 0 Å². The minimum atomic E-state index is -3.55. The maximum Gasteiger partial charge on any atom is 0.330 e. The summed E-state index contributed by atoms with van der Waals surface area (Å²) in [5, 5.41) is 9.12. The Morgan fingerprint density at radius 1 is 1.00 bits per heavy atom. The van der Waals surface area contributed by atoms with Crippen molar-refractivity contribution in [3.63, 3.8) is 0 Å². The van der Waals surface area contributed by atoms with Gasteiger partial charge in [-0.1, -0.05) is 18.2 Å². The average molecular weight is 443 g/mol. The van der Waals surface area contributed by atoms with Gasteiger partial charge in [0.2, 0.25) is 0 Å². The highest BCUT2D eigenvalue weighted by Gasteiger charge is 2.27. The van der Waals surface area contributed by atoms with E-state index in [1.165, 1.54) is 22.3 Å². The zero-order valence-electron chi connectivity index (χ0n) is 18.9. The molecule has 0 aliphatic heterocycles. The van der Waals surface area contributed by atoms with Crippen LogP contribution in [0.1, 0.15) is 54.5 Å². The van der Waals surface area contributed by atoms with E-state index in [1.54, 1.807) is 12.1 Å². The number of urea groups is 1. The van der Waals surface area contributed by atoms with Gasteiger partial charge in [0, 0.05) is 26.4 Å². The van der Waals surface area contributed by atoms with Crippen LogP contribution in [0.25, 0.3) is 0 Å². The van der Waals surface area contributed by atoms with E-state index in [2.05, 4.69) is 34.9 Å². The molecule has 0 unspecified atom stereocenters. The number of anilines is 1. The van der Waals surface area contributed by atoms with Crippen LogP contribution >= 0.6 is 0 Å². The minimum Gasteiger partial charge on any atom is -0.307 e. The lowest BCUT2D eigenvalue weighted by molar-refractivity contribution is 0.197. The van der Waals surface area contributed by atoms with Crippen molar-refractivity contribution < 1.29 is 9.00 Å². The van der Waals surface area contributed by atoms with Gasteiger partial charge in [-0.05, 0) is 106 Å². The van der Waals surface area contributed by atoms with Crippen LogP contribution in [0, 0.1) is 0 Å². The first-order valence-corrected chi connectivity index (χ1v) is 12.8. The lowest BCUT2D eigenvalue weighted by Gasteiger charge is -2.33. The van der Waals surface area contributed by atoms with Crippen molar-refractivity contribution in [2.45, 2.75) is 62.8 Å². The van der Waals surface area contributed by atoms with Crippen LogP contribution < -0.4 is 15.2 Å². The molecule has 0 spiro atoms. The van der Waals surface area contributed by atoms with Crippen molar-refractivity contribution in [2.75, 3.05) is 19.4 Å². The summed E-state index contributed by atoms with van der Waals surface area (Å²) in [4.78, 5) is 15.4. The van der Waals surface area contributed by atoms with Crippen LogP contribution in [0.4, 0.5) is 10.5 Å². The number of carbonyl (C=O) groups is 1. The number of rotatable bonds is 5. The number of nitrogens with one attached hydrogen (secondary N) is 2. The number of nitrogens with two attached hydrogens (primary N) is 1. The molecule has 2 amide bonds. The van der Waals surface area contributed by atoms with Crippen LogP contribution in [0.2, 0.25) is 0 Å². The molecular weight excluding hydrogens is 408 g/mol. The van der Waals surface area contributed by atoms with E-state index in [0.717, 1.165) is 49.8 Å². The molecule has 4 rings (SSSR count). The molecule has 0 saturated carbocycles. The van der Waals surface area contributed by atoms with Crippen molar-refractivity contribution in [1.82, 2.24) is 9.62 Å². The first-order chi connectivity index (χ1) is 14.6. The lowest BCUT2D eigenvalue weighted by Crippen LogP contribution is -2.45. The van der Waals surface area contributed by atoms with Gasteiger partial charge in [0.25, 0.3) is 0 Å². The normalized spacial score (nSPS) is 16.2. The van der Waals surface area contributed by atoms with Gasteiger partial charge in [0.05, 0.1) is 0 Å². The summed E-state index contributed by atoms with van der Waals surface area (Å²) in [6.45, 7) is 4.24. The molecule has 0 atom stereocenters. The van der Waals surface area contributed by atoms with Crippen LogP contribution in [-0.2, 0) is 41.5 Å². The van der Waals surface area contributed by atoms with Gasteiger partial charge in [0.1, 0.15) is 0 Å². The predicted molar refractivity (Wildman–Crippen MR) is 128 cm³/mol. The second kappa shape index (κ2) is 8.04. The number of hydrogen-bond donors (Lipinski definition) is 4. The van der Waals surface area contributed by atoms with Gasteiger partial charge in [-0.3, -0.25) is 9.86 Å². The number of fused-ring (bicyclic) bond motifs is 2. The summed E-state index contributed by atoms with van der Waals surface area (Å²) in [6.07, 6.45) is 6.29. The molecule has 2 aromatic carbocycles. The molecule has 0 bridgehead atoms. The number of thiol groups is 1. The van der Waals surface area contributed by atoms with Crippen LogP contribution in [0.5, 0.6) is 0 Å². The van der Waals surface area contributed by atoms with Gasteiger partial charge in [-0.25, -0.2) is 9.00 Å². The Morgan fingerprint density at radius 2 is 1.55 bits per heavy atom. The number of benzene rings is 2. The summed E-state index contributed by atoms with van der Waals surface area (Å²) >= 11 is 0. The maximum absolute atomic E-state index is 13.2. The SMILES string of the molecule is CN(C)C(C)(C)c1ccc([SH](N)(=O)NC(=O)Nc2c3c(cc4c2CCC4)CCC3)cc1. The molecule has 0 heterocycles. The van der Waals surface area contributed by atoms with E-state index < -0.39 is 16.3 Å². The standard InChI is InChI=1S/C24H34N4O2S/c1-24(2,28(3)4)18-11-13-19(14-12-18)31(25,30)27-23(29)26-22-20-9-5-7-16(20)15-17-8-6-10-21(17)22/h11-15,31H,5-10H2,1-4H3,(H4,25,26,27,29,30). The molecule has 168 valence electrons. The Labute approximate surface area is 186 Å². The molecule has 0 saturated heterocycles. The Kier molecular flexibility index (Phi) is 5.70. The number of hydrogen-bond acceptors (Lipinski definition) is 3. The van der Waals surface area contributed by atoms with Crippen LogP contribution in [0.3, 0.4) is 0 Å². The predicted octanol–water partition coefficient (Wildman–Crippen LogP) is 3.45. The third kappa shape index (κ3) is 4.14. The summed E-state index contributed by atoms with van der Waals surface area (Å²) in [5.41, 5.74) is 6.98. The number of amides is 2. The molecule has 6 nitrogen and oxygen atoms in total. The Morgan fingerprint density at radius 3 is 2.06 bits per heavy atom. The zero-order chi connectivity index (χ0) is 22.4. The first kappa shape index (κ1) is 22.0. The summed E-state index contributed by atoms with van der Waals surface area (Å²) < 4.78 is 15.7. The molecule has 0 fully saturated rings. The lowest BCUT2D eigenvalue weighted by atomic mass is 9.93. The molecule has 7 heteroatoms. The van der Waals surface area contributed by atoms with E-state index >= 15 is 0 Å².